The summed E-state index contributed by atoms with van der Waals surface area (Å²) in [5.41, 5.74) is 5.06. The Hall–Kier alpha value is -3.42. The van der Waals surface area contributed by atoms with Crippen LogP contribution in [0.3, 0.4) is 0 Å². The van der Waals surface area contributed by atoms with Crippen LogP contribution in [0.4, 0.5) is 5.69 Å². The van der Waals surface area contributed by atoms with Crippen LogP contribution in [0.25, 0.3) is 28.1 Å². The van der Waals surface area contributed by atoms with Gasteiger partial charge in [0.2, 0.25) is 11.2 Å². The summed E-state index contributed by atoms with van der Waals surface area (Å²) in [6.07, 6.45) is 3.84. The molecule has 0 saturated carbocycles. The van der Waals surface area contributed by atoms with Gasteiger partial charge >= 0.3 is 0 Å². The van der Waals surface area contributed by atoms with E-state index in [2.05, 4.69) is 45.9 Å². The number of rotatable bonds is 13. The van der Waals surface area contributed by atoms with Crippen LogP contribution in [-0.2, 0) is 26.8 Å². The molecule has 9 nitrogen and oxygen atoms in total. The fourth-order valence-corrected chi connectivity index (χ4v) is 7.56. The standard InChI is InChI=1S/C32H34N2O7S3/c1-41-28-14-15-29-26(21-28)11-13-27(33(29)17-5-7-19-43(35,36)37)23-32-34(18-6-8-20-44(38,39)40)30-22-25(12-16-31(30)42-32)24-9-3-2-4-10-24/h2-4,9-16,21-23H,5-8,17-20H2,1H3,(H-,35,36,37,38,39,40)/p+1. The van der Waals surface area contributed by atoms with Crippen molar-refractivity contribution in [1.29, 1.82) is 0 Å². The minimum atomic E-state index is -4.04. The van der Waals surface area contributed by atoms with Crippen molar-refractivity contribution >= 4 is 54.7 Å². The Balaban J connectivity index is 1.52. The maximum absolute atomic E-state index is 11.3. The molecule has 1 aliphatic heterocycles. The summed E-state index contributed by atoms with van der Waals surface area (Å²) in [7, 11) is -6.47. The fourth-order valence-electron chi connectivity index (χ4n) is 5.30. The second kappa shape index (κ2) is 13.7. The number of ether oxygens (including phenoxy) is 1. The molecule has 0 fully saturated rings. The highest BCUT2D eigenvalue weighted by Crippen LogP contribution is 2.48. The summed E-state index contributed by atoms with van der Waals surface area (Å²) in [5, 5.41) is 1.94. The summed E-state index contributed by atoms with van der Waals surface area (Å²) in [6.45, 7) is 1.08. The molecular weight excluding hydrogens is 621 g/mol. The van der Waals surface area contributed by atoms with Gasteiger partial charge in [-0.15, -0.1) is 0 Å². The molecule has 0 saturated heterocycles. The van der Waals surface area contributed by atoms with E-state index in [1.54, 1.807) is 18.9 Å². The number of nitrogens with zero attached hydrogens (tertiary/aromatic N) is 2. The van der Waals surface area contributed by atoms with Crippen molar-refractivity contribution in [2.45, 2.75) is 37.1 Å². The first-order valence-corrected chi connectivity index (χ1v) is 18.3. The number of pyridine rings is 1. The fraction of sp³-hybridized carbons (Fsp3) is 0.281. The van der Waals surface area contributed by atoms with Crippen LogP contribution in [-0.4, -0.2) is 51.1 Å². The van der Waals surface area contributed by atoms with Crippen molar-refractivity contribution in [3.05, 3.63) is 89.6 Å². The van der Waals surface area contributed by atoms with Crippen molar-refractivity contribution in [2.24, 2.45) is 0 Å². The van der Waals surface area contributed by atoms with E-state index in [-0.39, 0.29) is 11.5 Å². The van der Waals surface area contributed by atoms with Crippen molar-refractivity contribution in [1.82, 2.24) is 0 Å². The van der Waals surface area contributed by atoms with Crippen LogP contribution >= 0.6 is 11.8 Å². The number of unbranched alkanes of at least 4 members (excludes halogenated alkanes) is 2. The maximum atomic E-state index is 11.3. The van der Waals surface area contributed by atoms with E-state index >= 15 is 0 Å². The van der Waals surface area contributed by atoms with Gasteiger partial charge in [0.15, 0.2) is 0 Å². The van der Waals surface area contributed by atoms with E-state index < -0.39 is 20.2 Å². The van der Waals surface area contributed by atoms with Crippen LogP contribution in [0, 0.1) is 0 Å². The highest BCUT2D eigenvalue weighted by atomic mass is 32.2. The molecule has 4 aromatic rings. The van der Waals surface area contributed by atoms with E-state index in [1.807, 2.05) is 48.5 Å². The number of hydrogen-bond acceptors (Lipinski definition) is 7. The minimum absolute atomic E-state index is 0.290. The van der Waals surface area contributed by atoms with E-state index in [1.165, 1.54) is 0 Å². The second-order valence-corrected chi connectivity index (χ2v) is 14.8. The Bertz CT molecular complexity index is 1890. The SMILES string of the molecule is COc1ccc2c(ccc(/C=C3\Sc4ccc(-c5ccccc5)cc4N3CCCCS(=O)(=O)O)[n+]2CCCCS(=O)(=O)O)c1. The molecule has 44 heavy (non-hydrogen) atoms. The zero-order chi connectivity index (χ0) is 31.3. The van der Waals surface area contributed by atoms with E-state index in [0.29, 0.717) is 38.8 Å². The number of hydrogen-bond donors (Lipinski definition) is 2. The van der Waals surface area contributed by atoms with E-state index in [4.69, 9.17) is 4.74 Å². The van der Waals surface area contributed by atoms with Gasteiger partial charge < -0.3 is 9.64 Å². The predicted molar refractivity (Wildman–Crippen MR) is 175 cm³/mol. The molecule has 2 N–H and O–H groups in total. The molecule has 1 aromatic heterocycles. The largest absolute Gasteiger partial charge is 0.497 e. The topological polar surface area (TPSA) is 125 Å². The molecule has 232 valence electrons. The third-order valence-corrected chi connectivity index (χ3v) is 10.2. The first-order valence-electron chi connectivity index (χ1n) is 14.3. The third-order valence-electron chi connectivity index (χ3n) is 7.45. The average molecular weight is 656 g/mol. The van der Waals surface area contributed by atoms with Crippen LogP contribution in [0.2, 0.25) is 0 Å². The van der Waals surface area contributed by atoms with Crippen LogP contribution in [0.15, 0.2) is 88.8 Å². The zero-order valence-corrected chi connectivity index (χ0v) is 26.7. The summed E-state index contributed by atoms with van der Waals surface area (Å²) >= 11 is 1.63. The predicted octanol–water partition coefficient (Wildman–Crippen LogP) is 6.05. The van der Waals surface area contributed by atoms with Crippen molar-refractivity contribution in [2.75, 3.05) is 30.1 Å². The molecule has 0 aliphatic carbocycles. The van der Waals surface area contributed by atoms with Crippen LogP contribution in [0.1, 0.15) is 31.4 Å². The summed E-state index contributed by atoms with van der Waals surface area (Å²) in [4.78, 5) is 3.27. The number of aryl methyl sites for hydroxylation is 1. The molecule has 12 heteroatoms. The number of fused-ring (bicyclic) bond motifs is 2. The van der Waals surface area contributed by atoms with E-state index in [0.717, 1.165) is 49.1 Å². The first kappa shape index (κ1) is 32.0. The lowest BCUT2D eigenvalue weighted by atomic mass is 10.0. The highest BCUT2D eigenvalue weighted by Gasteiger charge is 2.27. The summed E-state index contributed by atoms with van der Waals surface area (Å²) in [6, 6.07) is 26.3. The molecule has 0 atom stereocenters. The van der Waals surface area contributed by atoms with Gasteiger partial charge in [-0.1, -0.05) is 48.2 Å². The average Bonchev–Trinajstić information content (AvgIpc) is 3.33. The molecule has 0 amide bonds. The number of anilines is 1. The van der Waals surface area contributed by atoms with E-state index in [9.17, 15) is 25.9 Å². The van der Waals surface area contributed by atoms with Gasteiger partial charge in [-0.3, -0.25) is 9.11 Å². The first-order chi connectivity index (χ1) is 21.0. The number of benzene rings is 3. The Kier molecular flexibility index (Phi) is 9.96. The van der Waals surface area contributed by atoms with Crippen LogP contribution < -0.4 is 14.2 Å². The maximum Gasteiger partial charge on any atom is 0.264 e. The van der Waals surface area contributed by atoms with Crippen molar-refractivity contribution in [3.8, 4) is 16.9 Å². The molecule has 0 unspecified atom stereocenters. The van der Waals surface area contributed by atoms with Crippen molar-refractivity contribution < 1.29 is 35.2 Å². The second-order valence-electron chi connectivity index (χ2n) is 10.6. The lowest BCUT2D eigenvalue weighted by Crippen LogP contribution is -2.38. The van der Waals surface area contributed by atoms with Gasteiger partial charge in [-0.05, 0) is 60.7 Å². The Morgan fingerprint density at radius 2 is 1.55 bits per heavy atom. The molecule has 3 aromatic carbocycles. The Morgan fingerprint density at radius 3 is 2.25 bits per heavy atom. The molecule has 5 rings (SSSR count). The molecule has 1 aliphatic rings. The highest BCUT2D eigenvalue weighted by molar-refractivity contribution is 8.03. The lowest BCUT2D eigenvalue weighted by molar-refractivity contribution is -0.673. The molecular formula is C32H35N2O7S3+. The Labute approximate surface area is 262 Å². The smallest absolute Gasteiger partial charge is 0.264 e. The monoisotopic (exact) mass is 655 g/mol. The number of aromatic nitrogens is 1. The number of methoxy groups -OCH3 is 1. The normalized spacial score (nSPS) is 14.3. The van der Waals surface area contributed by atoms with Gasteiger partial charge in [0.05, 0.1) is 34.7 Å². The minimum Gasteiger partial charge on any atom is -0.497 e. The third kappa shape index (κ3) is 8.19. The lowest BCUT2D eigenvalue weighted by Gasteiger charge is -2.21. The van der Waals surface area contributed by atoms with Gasteiger partial charge in [-0.25, -0.2) is 0 Å². The number of thioether (sulfide) groups is 1. The summed E-state index contributed by atoms with van der Waals surface area (Å²) in [5.74, 6) is 0.143. The van der Waals surface area contributed by atoms with Gasteiger partial charge in [0.25, 0.3) is 20.2 Å². The van der Waals surface area contributed by atoms with Gasteiger partial charge in [-0.2, -0.15) is 21.4 Å². The molecule has 0 spiro atoms. The zero-order valence-electron chi connectivity index (χ0n) is 24.3. The summed E-state index contributed by atoms with van der Waals surface area (Å²) < 4.78 is 71.3. The molecule has 0 radical (unpaired) electrons. The quantitative estimate of drug-likeness (QED) is 0.101. The Morgan fingerprint density at radius 1 is 0.818 bits per heavy atom. The van der Waals surface area contributed by atoms with Gasteiger partial charge in [0.1, 0.15) is 12.3 Å². The van der Waals surface area contributed by atoms with Crippen molar-refractivity contribution in [3.63, 3.8) is 0 Å². The molecule has 2 heterocycles. The molecule has 0 bridgehead atoms. The van der Waals surface area contributed by atoms with Crippen LogP contribution in [0.5, 0.6) is 5.75 Å². The van der Waals surface area contributed by atoms with Gasteiger partial charge in [0, 0.05) is 36.1 Å².